The van der Waals surface area contributed by atoms with Gasteiger partial charge in [-0.1, -0.05) is 59.8 Å². The fourth-order valence-electron chi connectivity index (χ4n) is 4.75. The van der Waals surface area contributed by atoms with Gasteiger partial charge in [-0.3, -0.25) is 13.9 Å². The Hall–Kier alpha value is -3.50. The predicted molar refractivity (Wildman–Crippen MR) is 158 cm³/mol. The van der Waals surface area contributed by atoms with Crippen molar-refractivity contribution >= 4 is 46.6 Å². The molecule has 1 atom stereocenters. The van der Waals surface area contributed by atoms with Gasteiger partial charge in [0.15, 0.2) is 16.3 Å². The minimum absolute atomic E-state index is 0.128. The van der Waals surface area contributed by atoms with Crippen LogP contribution in [0.3, 0.4) is 0 Å². The highest BCUT2D eigenvalue weighted by atomic mass is 35.5. The molecule has 0 bridgehead atoms. The van der Waals surface area contributed by atoms with Crippen molar-refractivity contribution in [3.05, 3.63) is 75.5 Å². The van der Waals surface area contributed by atoms with Gasteiger partial charge in [-0.2, -0.15) is 4.98 Å². The third-order valence-electron chi connectivity index (χ3n) is 6.59. The average molecular weight is 581 g/mol. The molecule has 40 heavy (non-hydrogen) atoms. The van der Waals surface area contributed by atoms with Crippen LogP contribution >= 0.6 is 23.4 Å². The van der Waals surface area contributed by atoms with Gasteiger partial charge in [-0.05, 0) is 57.4 Å². The summed E-state index contributed by atoms with van der Waals surface area (Å²) in [6, 6.07) is 17.3. The number of benzene rings is 2. The van der Waals surface area contributed by atoms with E-state index < -0.39 is 11.7 Å². The largest absolute Gasteiger partial charge is 0.444 e. The molecule has 1 aliphatic heterocycles. The standard InChI is InChI=1S/C29H33ClN6O3S/c1-29(2,3)39-28(38)31-20-12-10-16-35(18-20)26-32-24-23(36(26)17-19-11-8-9-15-22(19)30)25(37)34(4)27(33-24)40-21-13-6-5-7-14-21/h5-9,11,13-15,20H,10,12,16-18H2,1-4H3,(H,31,38)/t20-/m1/s1. The van der Waals surface area contributed by atoms with E-state index in [4.69, 9.17) is 26.3 Å². The van der Waals surface area contributed by atoms with Crippen LogP contribution < -0.4 is 15.8 Å². The highest BCUT2D eigenvalue weighted by Gasteiger charge is 2.29. The van der Waals surface area contributed by atoms with E-state index in [0.717, 1.165) is 29.8 Å². The molecular weight excluding hydrogens is 548 g/mol. The summed E-state index contributed by atoms with van der Waals surface area (Å²) < 4.78 is 8.94. The second-order valence-electron chi connectivity index (χ2n) is 10.9. The second-order valence-corrected chi connectivity index (χ2v) is 12.3. The lowest BCUT2D eigenvalue weighted by Crippen LogP contribution is -2.49. The third-order valence-corrected chi connectivity index (χ3v) is 8.01. The number of aromatic nitrogens is 4. The van der Waals surface area contributed by atoms with E-state index >= 15 is 0 Å². The maximum Gasteiger partial charge on any atom is 0.407 e. The summed E-state index contributed by atoms with van der Waals surface area (Å²) in [7, 11) is 1.73. The molecule has 3 heterocycles. The Balaban J connectivity index is 1.54. The molecule has 1 amide bonds. The number of nitrogens with one attached hydrogen (secondary N) is 1. The normalized spacial score (nSPS) is 15.8. The van der Waals surface area contributed by atoms with Crippen LogP contribution in [-0.2, 0) is 18.3 Å². The highest BCUT2D eigenvalue weighted by Crippen LogP contribution is 2.29. The number of piperidine rings is 1. The lowest BCUT2D eigenvalue weighted by atomic mass is 10.1. The van der Waals surface area contributed by atoms with Crippen molar-refractivity contribution in [1.82, 2.24) is 24.4 Å². The summed E-state index contributed by atoms with van der Waals surface area (Å²) >= 11 is 7.96. The van der Waals surface area contributed by atoms with Crippen molar-refractivity contribution in [3.8, 4) is 0 Å². The van der Waals surface area contributed by atoms with E-state index in [1.165, 1.54) is 11.8 Å². The van der Waals surface area contributed by atoms with Gasteiger partial charge in [0.1, 0.15) is 5.60 Å². The van der Waals surface area contributed by atoms with Crippen LogP contribution in [-0.4, -0.2) is 49.9 Å². The molecule has 1 fully saturated rings. The van der Waals surface area contributed by atoms with Gasteiger partial charge in [0.05, 0.1) is 6.54 Å². The lowest BCUT2D eigenvalue weighted by Gasteiger charge is -2.34. The van der Waals surface area contributed by atoms with Gasteiger partial charge >= 0.3 is 6.09 Å². The van der Waals surface area contributed by atoms with Crippen molar-refractivity contribution in [3.63, 3.8) is 0 Å². The number of anilines is 1. The van der Waals surface area contributed by atoms with E-state index in [-0.39, 0.29) is 11.6 Å². The lowest BCUT2D eigenvalue weighted by molar-refractivity contribution is 0.0499. The second kappa shape index (κ2) is 11.5. The van der Waals surface area contributed by atoms with Gasteiger partial charge in [0, 0.05) is 36.1 Å². The van der Waals surface area contributed by atoms with Crippen molar-refractivity contribution in [2.45, 2.75) is 61.9 Å². The summed E-state index contributed by atoms with van der Waals surface area (Å²) in [5.74, 6) is 0.622. The first-order valence-corrected chi connectivity index (χ1v) is 14.5. The molecule has 1 N–H and O–H groups in total. The Bertz CT molecular complexity index is 1580. The van der Waals surface area contributed by atoms with Crippen LogP contribution in [0, 0.1) is 0 Å². The predicted octanol–water partition coefficient (Wildman–Crippen LogP) is 5.48. The summed E-state index contributed by atoms with van der Waals surface area (Å²) in [5.41, 5.74) is 0.898. The van der Waals surface area contributed by atoms with Gasteiger partial charge in [0.25, 0.3) is 5.56 Å². The Morgan fingerprint density at radius 3 is 2.58 bits per heavy atom. The maximum absolute atomic E-state index is 13.8. The maximum atomic E-state index is 13.8. The Morgan fingerprint density at radius 2 is 1.85 bits per heavy atom. The topological polar surface area (TPSA) is 94.3 Å². The zero-order valence-electron chi connectivity index (χ0n) is 23.1. The van der Waals surface area contributed by atoms with E-state index in [1.807, 2.05) is 79.9 Å². The van der Waals surface area contributed by atoms with E-state index in [0.29, 0.717) is 40.4 Å². The van der Waals surface area contributed by atoms with E-state index in [9.17, 15) is 9.59 Å². The molecule has 5 rings (SSSR count). The van der Waals surface area contributed by atoms with Crippen LogP contribution in [0.1, 0.15) is 39.2 Å². The van der Waals surface area contributed by atoms with Crippen molar-refractivity contribution in [1.29, 1.82) is 0 Å². The van der Waals surface area contributed by atoms with Crippen LogP contribution in [0.25, 0.3) is 11.2 Å². The van der Waals surface area contributed by atoms with Crippen molar-refractivity contribution < 1.29 is 9.53 Å². The minimum Gasteiger partial charge on any atom is -0.444 e. The number of fused-ring (bicyclic) bond motifs is 1. The number of rotatable bonds is 6. The summed E-state index contributed by atoms with van der Waals surface area (Å²) in [4.78, 5) is 39.1. The molecule has 0 spiro atoms. The number of alkyl carbamates (subject to hydrolysis) is 1. The zero-order chi connectivity index (χ0) is 28.4. The number of carbonyl (C=O) groups is 1. The number of halogens is 1. The van der Waals surface area contributed by atoms with Crippen molar-refractivity contribution in [2.75, 3.05) is 18.0 Å². The number of amides is 1. The molecule has 2 aromatic carbocycles. The summed E-state index contributed by atoms with van der Waals surface area (Å²) in [6.45, 7) is 7.13. The Morgan fingerprint density at radius 1 is 1.12 bits per heavy atom. The average Bonchev–Trinajstić information content (AvgIpc) is 3.26. The smallest absolute Gasteiger partial charge is 0.407 e. The van der Waals surface area contributed by atoms with Gasteiger partial charge in [-0.25, -0.2) is 9.78 Å². The first kappa shape index (κ1) is 28.0. The van der Waals surface area contributed by atoms with Crippen LogP contribution in [0.5, 0.6) is 0 Å². The van der Waals surface area contributed by atoms with Gasteiger partial charge in [-0.15, -0.1) is 0 Å². The van der Waals surface area contributed by atoms with Crippen LogP contribution in [0.4, 0.5) is 10.7 Å². The van der Waals surface area contributed by atoms with Crippen LogP contribution in [0.2, 0.25) is 5.02 Å². The van der Waals surface area contributed by atoms with Crippen LogP contribution in [0.15, 0.2) is 69.4 Å². The number of imidazole rings is 1. The molecule has 0 radical (unpaired) electrons. The molecule has 9 nitrogen and oxygen atoms in total. The molecule has 11 heteroatoms. The number of carbonyl (C=O) groups excluding carboxylic acids is 1. The molecule has 0 unspecified atom stereocenters. The molecular formula is C29H33ClN6O3S. The third kappa shape index (κ3) is 6.28. The molecule has 1 aliphatic rings. The van der Waals surface area contributed by atoms with Gasteiger partial charge < -0.3 is 15.0 Å². The van der Waals surface area contributed by atoms with Gasteiger partial charge in [0.2, 0.25) is 5.95 Å². The molecule has 4 aromatic rings. The quantitative estimate of drug-likeness (QED) is 0.302. The number of hydrogen-bond donors (Lipinski definition) is 1. The fraction of sp³-hybridized carbons (Fsp3) is 0.379. The highest BCUT2D eigenvalue weighted by molar-refractivity contribution is 7.99. The molecule has 1 saturated heterocycles. The van der Waals surface area contributed by atoms with E-state index in [2.05, 4.69) is 10.2 Å². The molecule has 0 saturated carbocycles. The fourth-order valence-corrected chi connectivity index (χ4v) is 5.80. The Labute approximate surface area is 242 Å². The number of ether oxygens (including phenoxy) is 1. The molecule has 210 valence electrons. The van der Waals surface area contributed by atoms with E-state index in [1.54, 1.807) is 11.6 Å². The first-order valence-electron chi connectivity index (χ1n) is 13.3. The Kier molecular flexibility index (Phi) is 8.09. The first-order chi connectivity index (χ1) is 19.1. The SMILES string of the molecule is Cn1c(Sc2ccccc2)nc2nc(N3CCC[C@@H](NC(=O)OC(C)(C)C)C3)n(Cc3ccccc3Cl)c2c1=O. The minimum atomic E-state index is -0.581. The molecule has 0 aliphatic carbocycles. The number of nitrogens with zero attached hydrogens (tertiary/aromatic N) is 5. The number of hydrogen-bond acceptors (Lipinski definition) is 7. The van der Waals surface area contributed by atoms with Crippen molar-refractivity contribution in [2.24, 2.45) is 7.05 Å². The summed E-state index contributed by atoms with van der Waals surface area (Å²) in [5, 5.41) is 4.17. The monoisotopic (exact) mass is 580 g/mol. The summed E-state index contributed by atoms with van der Waals surface area (Å²) in [6.07, 6.45) is 1.22. The molecule has 2 aromatic heterocycles. The zero-order valence-corrected chi connectivity index (χ0v) is 24.6.